The minimum atomic E-state index is -3.16. The third-order valence-corrected chi connectivity index (χ3v) is 5.02. The van der Waals surface area contributed by atoms with E-state index >= 15 is 0 Å². The fourth-order valence-electron chi connectivity index (χ4n) is 1.85. The maximum Gasteiger partial charge on any atom is 0.175 e. The topological polar surface area (TPSA) is 46.2 Å². The molecule has 0 bridgehead atoms. The molecule has 0 radical (unpaired) electrons. The SMILES string of the molecule is CS(=O)(=O)c1ccc2c(c1)Nc1ccccc1S2. The first-order chi connectivity index (χ1) is 8.54. The third-order valence-electron chi connectivity index (χ3n) is 2.76. The van der Waals surface area contributed by atoms with Crippen LogP contribution >= 0.6 is 11.8 Å². The van der Waals surface area contributed by atoms with Gasteiger partial charge in [0.1, 0.15) is 0 Å². The molecule has 0 spiro atoms. The highest BCUT2D eigenvalue weighted by atomic mass is 32.2. The van der Waals surface area contributed by atoms with E-state index < -0.39 is 9.84 Å². The molecule has 0 unspecified atom stereocenters. The average Bonchev–Trinajstić information content (AvgIpc) is 2.34. The molecule has 2 aromatic carbocycles. The number of rotatable bonds is 1. The van der Waals surface area contributed by atoms with Crippen LogP contribution in [0.5, 0.6) is 0 Å². The smallest absolute Gasteiger partial charge is 0.175 e. The summed E-state index contributed by atoms with van der Waals surface area (Å²) in [6.45, 7) is 0. The molecule has 1 N–H and O–H groups in total. The zero-order chi connectivity index (χ0) is 12.8. The quantitative estimate of drug-likeness (QED) is 0.741. The van der Waals surface area contributed by atoms with E-state index in [2.05, 4.69) is 5.32 Å². The second-order valence-corrected chi connectivity index (χ2v) is 7.25. The van der Waals surface area contributed by atoms with E-state index in [0.717, 1.165) is 21.2 Å². The van der Waals surface area contributed by atoms with Gasteiger partial charge in [-0.05, 0) is 30.3 Å². The van der Waals surface area contributed by atoms with E-state index in [9.17, 15) is 8.42 Å². The molecule has 0 fully saturated rings. The molecule has 3 rings (SSSR count). The molecular weight excluding hydrogens is 266 g/mol. The molecule has 0 saturated carbocycles. The Morgan fingerprint density at radius 2 is 1.72 bits per heavy atom. The molecular formula is C13H11NO2S2. The van der Waals surface area contributed by atoms with Crippen LogP contribution in [0.25, 0.3) is 0 Å². The molecule has 0 aliphatic carbocycles. The number of fused-ring (bicyclic) bond motifs is 2. The molecule has 0 amide bonds. The van der Waals surface area contributed by atoms with Crippen LogP contribution in [0.2, 0.25) is 0 Å². The molecule has 0 atom stereocenters. The van der Waals surface area contributed by atoms with Crippen LogP contribution in [0.15, 0.2) is 57.2 Å². The molecule has 3 nitrogen and oxygen atoms in total. The Morgan fingerprint density at radius 3 is 2.50 bits per heavy atom. The number of hydrogen-bond donors (Lipinski definition) is 1. The predicted molar refractivity (Wildman–Crippen MR) is 73.4 cm³/mol. The number of sulfone groups is 1. The van der Waals surface area contributed by atoms with Gasteiger partial charge in [0.05, 0.1) is 16.3 Å². The molecule has 5 heteroatoms. The first-order valence-electron chi connectivity index (χ1n) is 5.42. The summed E-state index contributed by atoms with van der Waals surface area (Å²) in [6.07, 6.45) is 1.22. The molecule has 1 aliphatic heterocycles. The van der Waals surface area contributed by atoms with Crippen molar-refractivity contribution in [2.75, 3.05) is 11.6 Å². The normalized spacial score (nSPS) is 13.4. The molecule has 18 heavy (non-hydrogen) atoms. The third kappa shape index (κ3) is 2.00. The van der Waals surface area contributed by atoms with E-state index in [1.54, 1.807) is 23.9 Å². The highest BCUT2D eigenvalue weighted by Gasteiger charge is 2.17. The van der Waals surface area contributed by atoms with Gasteiger partial charge in [0.25, 0.3) is 0 Å². The van der Waals surface area contributed by atoms with Crippen molar-refractivity contribution in [2.45, 2.75) is 14.7 Å². The van der Waals surface area contributed by atoms with Crippen molar-refractivity contribution >= 4 is 33.0 Å². The van der Waals surface area contributed by atoms with Crippen molar-refractivity contribution in [3.63, 3.8) is 0 Å². The first kappa shape index (κ1) is 11.6. The summed E-state index contributed by atoms with van der Waals surface area (Å²) in [7, 11) is -3.16. The largest absolute Gasteiger partial charge is 0.354 e. The summed E-state index contributed by atoms with van der Waals surface area (Å²) in [5.41, 5.74) is 1.86. The Labute approximate surface area is 110 Å². The van der Waals surface area contributed by atoms with E-state index in [1.807, 2.05) is 30.3 Å². The lowest BCUT2D eigenvalue weighted by molar-refractivity contribution is 0.602. The first-order valence-corrected chi connectivity index (χ1v) is 8.13. The zero-order valence-corrected chi connectivity index (χ0v) is 11.3. The van der Waals surface area contributed by atoms with Crippen molar-refractivity contribution in [2.24, 2.45) is 0 Å². The highest BCUT2D eigenvalue weighted by molar-refractivity contribution is 7.99. The van der Waals surface area contributed by atoms with Crippen LogP contribution in [-0.4, -0.2) is 14.7 Å². The fourth-order valence-corrected chi connectivity index (χ4v) is 3.46. The van der Waals surface area contributed by atoms with E-state index in [4.69, 9.17) is 0 Å². The summed E-state index contributed by atoms with van der Waals surface area (Å²) in [6, 6.07) is 13.2. The van der Waals surface area contributed by atoms with Gasteiger partial charge in [-0.1, -0.05) is 23.9 Å². The average molecular weight is 277 g/mol. The van der Waals surface area contributed by atoms with Crippen LogP contribution in [0.3, 0.4) is 0 Å². The van der Waals surface area contributed by atoms with Gasteiger partial charge in [-0.2, -0.15) is 0 Å². The van der Waals surface area contributed by atoms with Crippen LogP contribution in [-0.2, 0) is 9.84 Å². The number of anilines is 2. The highest BCUT2D eigenvalue weighted by Crippen LogP contribution is 2.44. The number of para-hydroxylation sites is 1. The summed E-state index contributed by atoms with van der Waals surface area (Å²) < 4.78 is 23.1. The summed E-state index contributed by atoms with van der Waals surface area (Å²) >= 11 is 1.64. The summed E-state index contributed by atoms with van der Waals surface area (Å²) in [5, 5.41) is 3.27. The Bertz CT molecular complexity index is 724. The molecule has 2 aromatic rings. The fraction of sp³-hybridized carbons (Fsp3) is 0.0769. The summed E-state index contributed by atoms with van der Waals surface area (Å²) in [5.74, 6) is 0. The molecule has 1 aliphatic rings. The van der Waals surface area contributed by atoms with Gasteiger partial charge >= 0.3 is 0 Å². The second kappa shape index (κ2) is 4.03. The lowest BCUT2D eigenvalue weighted by Crippen LogP contribution is -2.03. The lowest BCUT2D eigenvalue weighted by atomic mass is 10.2. The van der Waals surface area contributed by atoms with Crippen LogP contribution in [0, 0.1) is 0 Å². The van der Waals surface area contributed by atoms with Crippen LogP contribution in [0.4, 0.5) is 11.4 Å². The molecule has 92 valence electrons. The monoisotopic (exact) mass is 277 g/mol. The minimum absolute atomic E-state index is 0.341. The second-order valence-electron chi connectivity index (χ2n) is 4.15. The van der Waals surface area contributed by atoms with Crippen molar-refractivity contribution in [1.82, 2.24) is 0 Å². The van der Waals surface area contributed by atoms with Gasteiger partial charge in [0, 0.05) is 16.0 Å². The Hall–Kier alpha value is -1.46. The molecule has 0 aromatic heterocycles. The minimum Gasteiger partial charge on any atom is -0.354 e. The maximum atomic E-state index is 11.5. The zero-order valence-electron chi connectivity index (χ0n) is 9.67. The van der Waals surface area contributed by atoms with Gasteiger partial charge in [-0.25, -0.2) is 8.42 Å². The standard InChI is InChI=1S/C13H11NO2S2/c1-18(15,16)9-6-7-13-11(8-9)14-10-4-2-3-5-12(10)17-13/h2-8,14H,1H3. The van der Waals surface area contributed by atoms with Crippen LogP contribution < -0.4 is 5.32 Å². The Morgan fingerprint density at radius 1 is 1.00 bits per heavy atom. The van der Waals surface area contributed by atoms with Crippen molar-refractivity contribution in [1.29, 1.82) is 0 Å². The molecule has 0 saturated heterocycles. The van der Waals surface area contributed by atoms with Crippen molar-refractivity contribution in [3.05, 3.63) is 42.5 Å². The number of hydrogen-bond acceptors (Lipinski definition) is 4. The lowest BCUT2D eigenvalue weighted by Gasteiger charge is -2.20. The Kier molecular flexibility index (Phi) is 2.60. The number of benzene rings is 2. The van der Waals surface area contributed by atoms with Crippen LogP contribution in [0.1, 0.15) is 0 Å². The summed E-state index contributed by atoms with van der Waals surface area (Å²) in [4.78, 5) is 2.53. The van der Waals surface area contributed by atoms with Gasteiger partial charge in [0.15, 0.2) is 9.84 Å². The number of nitrogens with one attached hydrogen (secondary N) is 1. The van der Waals surface area contributed by atoms with E-state index in [0.29, 0.717) is 4.90 Å². The van der Waals surface area contributed by atoms with Gasteiger partial charge in [-0.3, -0.25) is 0 Å². The predicted octanol–water partition coefficient (Wildman–Crippen LogP) is 3.30. The van der Waals surface area contributed by atoms with Crippen molar-refractivity contribution < 1.29 is 8.42 Å². The molecule has 1 heterocycles. The van der Waals surface area contributed by atoms with Gasteiger partial charge < -0.3 is 5.32 Å². The van der Waals surface area contributed by atoms with Crippen molar-refractivity contribution in [3.8, 4) is 0 Å². The van der Waals surface area contributed by atoms with E-state index in [-0.39, 0.29) is 0 Å². The van der Waals surface area contributed by atoms with Gasteiger partial charge in [0.2, 0.25) is 0 Å². The maximum absolute atomic E-state index is 11.5. The van der Waals surface area contributed by atoms with E-state index in [1.165, 1.54) is 6.26 Å². The van der Waals surface area contributed by atoms with Gasteiger partial charge in [-0.15, -0.1) is 0 Å². The Balaban J connectivity index is 2.09.